The van der Waals surface area contributed by atoms with Gasteiger partial charge in [-0.1, -0.05) is 12.8 Å². The molecular formula is C20H26NO5-. The quantitative estimate of drug-likeness (QED) is 0.817. The van der Waals surface area contributed by atoms with Gasteiger partial charge in [-0.25, -0.2) is 0 Å². The Morgan fingerprint density at radius 3 is 2.31 bits per heavy atom. The number of benzene rings is 1. The minimum Gasteiger partial charge on any atom is -0.550 e. The largest absolute Gasteiger partial charge is 0.550 e. The zero-order chi connectivity index (χ0) is 18.8. The molecule has 6 heteroatoms. The molecule has 1 amide bonds. The van der Waals surface area contributed by atoms with Crippen molar-refractivity contribution in [3.05, 3.63) is 23.3 Å². The normalized spacial score (nSPS) is 25.3. The van der Waals surface area contributed by atoms with Gasteiger partial charge in [-0.3, -0.25) is 4.79 Å². The Morgan fingerprint density at radius 1 is 1.08 bits per heavy atom. The van der Waals surface area contributed by atoms with Gasteiger partial charge in [0.2, 0.25) is 5.91 Å². The van der Waals surface area contributed by atoms with Crippen LogP contribution in [0, 0.1) is 11.8 Å². The topological polar surface area (TPSA) is 78.9 Å². The van der Waals surface area contributed by atoms with Crippen molar-refractivity contribution in [2.75, 3.05) is 20.8 Å². The van der Waals surface area contributed by atoms with E-state index in [4.69, 9.17) is 9.47 Å². The van der Waals surface area contributed by atoms with E-state index < -0.39 is 17.8 Å². The van der Waals surface area contributed by atoms with Gasteiger partial charge in [-0.2, -0.15) is 0 Å². The zero-order valence-electron chi connectivity index (χ0n) is 15.6. The Bertz CT molecular complexity index is 702. The van der Waals surface area contributed by atoms with Crippen molar-refractivity contribution in [1.82, 2.24) is 4.90 Å². The molecule has 1 aromatic rings. The minimum absolute atomic E-state index is 0.0631. The fourth-order valence-electron chi connectivity index (χ4n) is 4.37. The second-order valence-corrected chi connectivity index (χ2v) is 7.18. The summed E-state index contributed by atoms with van der Waals surface area (Å²) in [6.07, 6.45) is 3.61. The third kappa shape index (κ3) is 3.24. The highest BCUT2D eigenvalue weighted by atomic mass is 16.5. The molecular weight excluding hydrogens is 334 g/mol. The molecule has 3 rings (SSSR count). The van der Waals surface area contributed by atoms with Crippen molar-refractivity contribution in [3.8, 4) is 11.5 Å². The van der Waals surface area contributed by atoms with Gasteiger partial charge in [0.05, 0.1) is 20.3 Å². The minimum atomic E-state index is -1.10. The predicted octanol–water partition coefficient (Wildman–Crippen LogP) is 1.71. The lowest BCUT2D eigenvalue weighted by atomic mass is 9.77. The van der Waals surface area contributed by atoms with E-state index in [1.807, 2.05) is 24.0 Å². The Labute approximate surface area is 154 Å². The average molecular weight is 360 g/mol. The maximum absolute atomic E-state index is 13.1. The number of hydrogen-bond acceptors (Lipinski definition) is 5. The van der Waals surface area contributed by atoms with E-state index in [1.165, 1.54) is 0 Å². The van der Waals surface area contributed by atoms with Crippen LogP contribution in [0.15, 0.2) is 12.1 Å². The van der Waals surface area contributed by atoms with Gasteiger partial charge >= 0.3 is 0 Å². The number of carbonyl (C=O) groups is 2. The highest BCUT2D eigenvalue weighted by Crippen LogP contribution is 2.40. The van der Waals surface area contributed by atoms with E-state index in [0.29, 0.717) is 37.3 Å². The van der Waals surface area contributed by atoms with Gasteiger partial charge in [0.1, 0.15) is 0 Å². The molecule has 1 aliphatic heterocycles. The van der Waals surface area contributed by atoms with Crippen LogP contribution in [0.5, 0.6) is 11.5 Å². The molecule has 0 radical (unpaired) electrons. The summed E-state index contributed by atoms with van der Waals surface area (Å²) in [5.41, 5.74) is 2.17. The van der Waals surface area contributed by atoms with E-state index in [-0.39, 0.29) is 11.9 Å². The lowest BCUT2D eigenvalue weighted by Gasteiger charge is -2.40. The van der Waals surface area contributed by atoms with E-state index in [1.54, 1.807) is 14.2 Å². The smallest absolute Gasteiger partial charge is 0.226 e. The number of ether oxygens (including phenoxy) is 2. The van der Waals surface area contributed by atoms with Crippen LogP contribution in [-0.2, 0) is 16.0 Å². The first-order valence-electron chi connectivity index (χ1n) is 9.24. The van der Waals surface area contributed by atoms with Crippen molar-refractivity contribution in [2.45, 2.75) is 45.1 Å². The molecule has 1 aromatic carbocycles. The Kier molecular flexibility index (Phi) is 5.39. The van der Waals surface area contributed by atoms with Crippen molar-refractivity contribution >= 4 is 11.9 Å². The van der Waals surface area contributed by atoms with Crippen LogP contribution in [-0.4, -0.2) is 37.5 Å². The fraction of sp³-hybridized carbons (Fsp3) is 0.600. The molecule has 0 N–H and O–H groups in total. The van der Waals surface area contributed by atoms with Gasteiger partial charge in [0.25, 0.3) is 0 Å². The van der Waals surface area contributed by atoms with Crippen LogP contribution in [0.2, 0.25) is 0 Å². The summed E-state index contributed by atoms with van der Waals surface area (Å²) in [5.74, 6) is -0.986. The number of hydrogen-bond donors (Lipinski definition) is 0. The van der Waals surface area contributed by atoms with E-state index in [0.717, 1.165) is 24.0 Å². The number of amides is 1. The second kappa shape index (κ2) is 7.56. The van der Waals surface area contributed by atoms with Crippen LogP contribution in [0.1, 0.15) is 49.8 Å². The Balaban J connectivity index is 1.87. The molecule has 2 aliphatic rings. The van der Waals surface area contributed by atoms with Gasteiger partial charge in [0.15, 0.2) is 11.5 Å². The highest BCUT2D eigenvalue weighted by molar-refractivity contribution is 5.85. The highest BCUT2D eigenvalue weighted by Gasteiger charge is 2.38. The fourth-order valence-corrected chi connectivity index (χ4v) is 4.37. The molecule has 0 aromatic heterocycles. The lowest BCUT2D eigenvalue weighted by molar-refractivity contribution is -0.314. The van der Waals surface area contributed by atoms with Gasteiger partial charge in [0, 0.05) is 24.3 Å². The number of carbonyl (C=O) groups excluding carboxylic acids is 2. The SMILES string of the molecule is COc1cc2c(cc1OC)[C@@H](C)N(C(=O)[C@@H]1CCCC[C@@H]1C(=O)[O-])CC2. The first-order chi connectivity index (χ1) is 12.5. The first-order valence-corrected chi connectivity index (χ1v) is 9.24. The molecule has 3 atom stereocenters. The standard InChI is InChI=1S/C20H27NO5/c1-12-16-11-18(26-3)17(25-2)10-13(16)8-9-21(12)19(22)14-6-4-5-7-15(14)20(23)24/h10-12,14-15H,4-9H2,1-3H3,(H,23,24)/p-1/t12-,14-,15+/m1/s1. The van der Waals surface area contributed by atoms with E-state index >= 15 is 0 Å². The average Bonchev–Trinajstić information content (AvgIpc) is 2.66. The summed E-state index contributed by atoms with van der Waals surface area (Å²) < 4.78 is 10.8. The molecule has 6 nitrogen and oxygen atoms in total. The maximum Gasteiger partial charge on any atom is 0.226 e. The molecule has 1 aliphatic carbocycles. The molecule has 0 bridgehead atoms. The molecule has 1 saturated carbocycles. The first kappa shape index (κ1) is 18.5. The van der Waals surface area contributed by atoms with Gasteiger partial charge in [-0.15, -0.1) is 0 Å². The van der Waals surface area contributed by atoms with Crippen molar-refractivity contribution < 1.29 is 24.2 Å². The molecule has 0 unspecified atom stereocenters. The number of nitrogens with zero attached hydrogens (tertiary/aromatic N) is 1. The summed E-state index contributed by atoms with van der Waals surface area (Å²) in [4.78, 5) is 26.4. The number of aliphatic carboxylic acids is 1. The van der Waals surface area contributed by atoms with Gasteiger partial charge < -0.3 is 24.3 Å². The van der Waals surface area contributed by atoms with E-state index in [9.17, 15) is 14.7 Å². The van der Waals surface area contributed by atoms with Crippen LogP contribution in [0.4, 0.5) is 0 Å². The van der Waals surface area contributed by atoms with Gasteiger partial charge in [-0.05, 0) is 49.4 Å². The number of carboxylic acid groups (broad SMARTS) is 1. The monoisotopic (exact) mass is 360 g/mol. The predicted molar refractivity (Wildman–Crippen MR) is 93.8 cm³/mol. The van der Waals surface area contributed by atoms with Crippen LogP contribution in [0.25, 0.3) is 0 Å². The summed E-state index contributed by atoms with van der Waals surface area (Å²) in [5, 5.41) is 11.5. The Hall–Kier alpha value is -2.24. The molecule has 142 valence electrons. The third-order valence-electron chi connectivity index (χ3n) is 5.85. The van der Waals surface area contributed by atoms with Crippen molar-refractivity contribution in [1.29, 1.82) is 0 Å². The number of carboxylic acids is 1. The molecule has 0 spiro atoms. The molecule has 0 saturated heterocycles. The number of fused-ring (bicyclic) bond motifs is 1. The lowest BCUT2D eigenvalue weighted by Crippen LogP contribution is -2.48. The van der Waals surface area contributed by atoms with Crippen LogP contribution in [0.3, 0.4) is 0 Å². The number of rotatable bonds is 4. The number of methoxy groups -OCH3 is 2. The van der Waals surface area contributed by atoms with Crippen LogP contribution < -0.4 is 14.6 Å². The van der Waals surface area contributed by atoms with Crippen molar-refractivity contribution in [3.63, 3.8) is 0 Å². The molecule has 1 heterocycles. The summed E-state index contributed by atoms with van der Waals surface area (Å²) in [7, 11) is 3.20. The third-order valence-corrected chi connectivity index (χ3v) is 5.85. The molecule has 26 heavy (non-hydrogen) atoms. The summed E-state index contributed by atoms with van der Waals surface area (Å²) >= 11 is 0. The second-order valence-electron chi connectivity index (χ2n) is 7.18. The zero-order valence-corrected chi connectivity index (χ0v) is 15.6. The summed E-state index contributed by atoms with van der Waals surface area (Å²) in [6.45, 7) is 2.57. The summed E-state index contributed by atoms with van der Waals surface area (Å²) in [6, 6.07) is 3.77. The van der Waals surface area contributed by atoms with E-state index in [2.05, 4.69) is 0 Å². The Morgan fingerprint density at radius 2 is 1.69 bits per heavy atom. The van der Waals surface area contributed by atoms with Crippen molar-refractivity contribution in [2.24, 2.45) is 11.8 Å². The van der Waals surface area contributed by atoms with Crippen LogP contribution >= 0.6 is 0 Å². The maximum atomic E-state index is 13.1. The molecule has 1 fully saturated rings.